The zero-order chi connectivity index (χ0) is 16.4. The summed E-state index contributed by atoms with van der Waals surface area (Å²) in [6.45, 7) is 0. The van der Waals surface area contributed by atoms with Gasteiger partial charge in [0, 0.05) is 28.2 Å². The average molecular weight is 313 g/mol. The molecule has 0 radical (unpaired) electrons. The van der Waals surface area contributed by atoms with Gasteiger partial charge in [-0.15, -0.1) is 0 Å². The van der Waals surface area contributed by atoms with E-state index in [1.807, 2.05) is 0 Å². The molecule has 0 spiro atoms. The van der Waals surface area contributed by atoms with Gasteiger partial charge in [-0.2, -0.15) is 0 Å². The highest BCUT2D eigenvalue weighted by atomic mass is 16.7. The molecule has 0 N–H and O–H groups in total. The van der Waals surface area contributed by atoms with Crippen LogP contribution in [-0.4, -0.2) is 21.6 Å². The molecule has 0 aromatic heterocycles. The summed E-state index contributed by atoms with van der Waals surface area (Å²) >= 11 is 0. The molecule has 2 aromatic carbocycles. The van der Waals surface area contributed by atoms with Crippen LogP contribution < -0.4 is 0 Å². The minimum absolute atomic E-state index is 0.0893. The predicted octanol–water partition coefficient (Wildman–Crippen LogP) is 2.72. The highest BCUT2D eigenvalue weighted by molar-refractivity contribution is 6.04. The molecular weight excluding hydrogens is 302 g/mol. The van der Waals surface area contributed by atoms with Crippen LogP contribution in [0.15, 0.2) is 59.8 Å². The first-order chi connectivity index (χ1) is 11.1. The number of nitro groups is 2. The van der Waals surface area contributed by atoms with Crippen molar-refractivity contribution in [2.75, 3.05) is 0 Å². The molecule has 8 heteroatoms. The summed E-state index contributed by atoms with van der Waals surface area (Å²) in [7, 11) is 0. The van der Waals surface area contributed by atoms with Crippen molar-refractivity contribution >= 4 is 11.4 Å². The van der Waals surface area contributed by atoms with Crippen molar-refractivity contribution in [3.05, 3.63) is 86.0 Å². The summed E-state index contributed by atoms with van der Waals surface area (Å²) in [4.78, 5) is 26.4. The van der Waals surface area contributed by atoms with Crippen LogP contribution in [0.4, 0.5) is 5.69 Å². The standard InChI is InChI=1S/C15H11N3O5/c19-17(20)12-8-6-11(7-9-12)15-14(18(21)22)13(16-23-15)10-4-2-1-3-5-10/h1-9,14-15H/t14-,15-/m0/s1. The summed E-state index contributed by atoms with van der Waals surface area (Å²) in [6, 6.07) is 13.1. The molecule has 1 aliphatic heterocycles. The van der Waals surface area contributed by atoms with Crippen molar-refractivity contribution in [3.63, 3.8) is 0 Å². The van der Waals surface area contributed by atoms with Crippen molar-refractivity contribution in [1.29, 1.82) is 0 Å². The Morgan fingerprint density at radius 2 is 1.61 bits per heavy atom. The van der Waals surface area contributed by atoms with Gasteiger partial charge in [0.05, 0.1) is 4.92 Å². The van der Waals surface area contributed by atoms with Crippen LogP contribution in [0, 0.1) is 20.2 Å². The Morgan fingerprint density at radius 3 is 2.17 bits per heavy atom. The van der Waals surface area contributed by atoms with Crippen LogP contribution in [0.25, 0.3) is 0 Å². The Labute approximate surface area is 130 Å². The van der Waals surface area contributed by atoms with Crippen molar-refractivity contribution in [3.8, 4) is 0 Å². The molecule has 23 heavy (non-hydrogen) atoms. The van der Waals surface area contributed by atoms with Crippen molar-refractivity contribution in [2.45, 2.75) is 12.1 Å². The minimum Gasteiger partial charge on any atom is -0.379 e. The topological polar surface area (TPSA) is 108 Å². The fourth-order valence-corrected chi connectivity index (χ4v) is 2.44. The molecule has 0 bridgehead atoms. The van der Waals surface area contributed by atoms with Crippen LogP contribution >= 0.6 is 0 Å². The van der Waals surface area contributed by atoms with E-state index in [1.165, 1.54) is 24.3 Å². The smallest absolute Gasteiger partial charge is 0.301 e. The van der Waals surface area contributed by atoms with Crippen LogP contribution in [0.5, 0.6) is 0 Å². The lowest BCUT2D eigenvalue weighted by Gasteiger charge is -2.12. The summed E-state index contributed by atoms with van der Waals surface area (Å²) in [5.41, 5.74) is 1.22. The highest BCUT2D eigenvalue weighted by Crippen LogP contribution is 2.32. The normalized spacial score (nSPS) is 19.7. The molecule has 0 fully saturated rings. The van der Waals surface area contributed by atoms with Gasteiger partial charge in [0.2, 0.25) is 6.10 Å². The van der Waals surface area contributed by atoms with Crippen molar-refractivity contribution in [1.82, 2.24) is 0 Å². The second kappa shape index (κ2) is 5.84. The minimum atomic E-state index is -1.17. The van der Waals surface area contributed by atoms with E-state index in [1.54, 1.807) is 30.3 Å². The van der Waals surface area contributed by atoms with Crippen molar-refractivity contribution in [2.24, 2.45) is 5.16 Å². The number of oxime groups is 1. The van der Waals surface area contributed by atoms with E-state index in [2.05, 4.69) is 5.16 Å². The van der Waals surface area contributed by atoms with Crippen LogP contribution in [0.3, 0.4) is 0 Å². The fraction of sp³-hybridized carbons (Fsp3) is 0.133. The maximum absolute atomic E-state index is 11.5. The number of nitro benzene ring substituents is 1. The Balaban J connectivity index is 1.92. The zero-order valence-corrected chi connectivity index (χ0v) is 11.7. The lowest BCUT2D eigenvalue weighted by atomic mass is 9.95. The quantitative estimate of drug-likeness (QED) is 0.637. The maximum Gasteiger partial charge on any atom is 0.301 e. The monoisotopic (exact) mass is 313 g/mol. The Kier molecular flexibility index (Phi) is 3.71. The van der Waals surface area contributed by atoms with E-state index in [0.29, 0.717) is 11.1 Å². The van der Waals surface area contributed by atoms with E-state index in [-0.39, 0.29) is 11.4 Å². The van der Waals surface area contributed by atoms with E-state index in [9.17, 15) is 20.2 Å². The first-order valence-electron chi connectivity index (χ1n) is 6.75. The van der Waals surface area contributed by atoms with Gasteiger partial charge >= 0.3 is 6.04 Å². The third kappa shape index (κ3) is 2.73. The molecular formula is C15H11N3O5. The summed E-state index contributed by atoms with van der Waals surface area (Å²) in [5, 5.41) is 26.0. The molecule has 0 saturated heterocycles. The second-order valence-corrected chi connectivity index (χ2v) is 4.95. The first-order valence-corrected chi connectivity index (χ1v) is 6.75. The van der Waals surface area contributed by atoms with Crippen LogP contribution in [-0.2, 0) is 4.84 Å². The summed E-state index contributed by atoms with van der Waals surface area (Å²) < 4.78 is 0. The third-order valence-electron chi connectivity index (χ3n) is 3.56. The lowest BCUT2D eigenvalue weighted by molar-refractivity contribution is -0.512. The summed E-state index contributed by atoms with van der Waals surface area (Å²) in [5.74, 6) is 0. The molecule has 0 amide bonds. The number of hydrogen-bond donors (Lipinski definition) is 0. The van der Waals surface area contributed by atoms with Crippen LogP contribution in [0.1, 0.15) is 17.2 Å². The molecule has 1 aliphatic rings. The van der Waals surface area contributed by atoms with Gasteiger partial charge in [-0.3, -0.25) is 20.2 Å². The van der Waals surface area contributed by atoms with Gasteiger partial charge in [-0.05, 0) is 12.1 Å². The molecule has 0 saturated carbocycles. The van der Waals surface area contributed by atoms with Gasteiger partial charge in [-0.25, -0.2) is 0 Å². The van der Waals surface area contributed by atoms with E-state index < -0.39 is 22.0 Å². The number of benzene rings is 2. The fourth-order valence-electron chi connectivity index (χ4n) is 2.44. The number of rotatable bonds is 4. The highest BCUT2D eigenvalue weighted by Gasteiger charge is 2.45. The first kappa shape index (κ1) is 14.6. The molecule has 0 aliphatic carbocycles. The maximum atomic E-state index is 11.5. The van der Waals surface area contributed by atoms with E-state index >= 15 is 0 Å². The zero-order valence-electron chi connectivity index (χ0n) is 11.7. The van der Waals surface area contributed by atoms with Gasteiger partial charge < -0.3 is 4.84 Å². The molecule has 2 atom stereocenters. The van der Waals surface area contributed by atoms with E-state index in [0.717, 1.165) is 0 Å². The van der Waals surface area contributed by atoms with Gasteiger partial charge in [0.1, 0.15) is 0 Å². The van der Waals surface area contributed by atoms with Gasteiger partial charge in [0.25, 0.3) is 5.69 Å². The number of nitrogens with zero attached hydrogens (tertiary/aromatic N) is 3. The molecule has 1 heterocycles. The second-order valence-electron chi connectivity index (χ2n) is 4.95. The molecule has 116 valence electrons. The third-order valence-corrected chi connectivity index (χ3v) is 3.56. The molecule has 0 unspecified atom stereocenters. The number of non-ortho nitro benzene ring substituents is 1. The Bertz CT molecular complexity index is 773. The Hall–Kier alpha value is -3.29. The van der Waals surface area contributed by atoms with Crippen molar-refractivity contribution < 1.29 is 14.7 Å². The van der Waals surface area contributed by atoms with Crippen LogP contribution in [0.2, 0.25) is 0 Å². The predicted molar refractivity (Wildman–Crippen MR) is 80.7 cm³/mol. The van der Waals surface area contributed by atoms with Gasteiger partial charge in [-0.1, -0.05) is 35.5 Å². The molecule has 2 aromatic rings. The Morgan fingerprint density at radius 1 is 0.957 bits per heavy atom. The van der Waals surface area contributed by atoms with E-state index in [4.69, 9.17) is 4.84 Å². The molecule has 8 nitrogen and oxygen atoms in total. The number of hydrogen-bond acceptors (Lipinski definition) is 6. The van der Waals surface area contributed by atoms with Gasteiger partial charge in [0.15, 0.2) is 5.71 Å². The largest absolute Gasteiger partial charge is 0.379 e. The summed E-state index contributed by atoms with van der Waals surface area (Å²) in [6.07, 6.45) is -0.916. The average Bonchev–Trinajstić information content (AvgIpc) is 3.01. The SMILES string of the molecule is O=[N+]([O-])c1ccc([C@@H]2ON=C(c3ccccc3)[C@@H]2[N+](=O)[O-])cc1. The molecule has 3 rings (SSSR count). The lowest BCUT2D eigenvalue weighted by Crippen LogP contribution is -2.32.